The van der Waals surface area contributed by atoms with E-state index in [4.69, 9.17) is 10.5 Å². The summed E-state index contributed by atoms with van der Waals surface area (Å²) in [6, 6.07) is 8.27. The maximum absolute atomic E-state index is 14.2. The molecule has 1 unspecified atom stereocenters. The van der Waals surface area contributed by atoms with Crippen LogP contribution in [0.2, 0.25) is 0 Å². The summed E-state index contributed by atoms with van der Waals surface area (Å²) in [6.07, 6.45) is 1.44. The predicted octanol–water partition coefficient (Wildman–Crippen LogP) is 2.50. The summed E-state index contributed by atoms with van der Waals surface area (Å²) in [5.74, 6) is 0.582. The van der Waals surface area contributed by atoms with Gasteiger partial charge in [0.15, 0.2) is 5.82 Å². The zero-order chi connectivity index (χ0) is 21.5. The number of aliphatic hydroxyl groups is 1. The molecule has 0 bridgehead atoms. The van der Waals surface area contributed by atoms with Gasteiger partial charge in [-0.2, -0.15) is 5.10 Å². The van der Waals surface area contributed by atoms with Crippen LogP contribution in [0.3, 0.4) is 0 Å². The number of nitrogen functional groups attached to an aromatic ring is 1. The van der Waals surface area contributed by atoms with Gasteiger partial charge < -0.3 is 15.6 Å². The van der Waals surface area contributed by atoms with E-state index < -0.39 is 5.60 Å². The van der Waals surface area contributed by atoms with Crippen molar-refractivity contribution >= 4 is 11.7 Å². The van der Waals surface area contributed by atoms with Crippen molar-refractivity contribution in [3.63, 3.8) is 0 Å². The zero-order valence-electron chi connectivity index (χ0n) is 17.0. The molecule has 1 aliphatic heterocycles. The van der Waals surface area contributed by atoms with Crippen LogP contribution >= 0.6 is 0 Å². The van der Waals surface area contributed by atoms with Crippen LogP contribution < -0.4 is 5.73 Å². The number of aromatic nitrogens is 4. The van der Waals surface area contributed by atoms with Crippen molar-refractivity contribution in [1.82, 2.24) is 19.7 Å². The molecule has 3 heterocycles. The van der Waals surface area contributed by atoms with Crippen molar-refractivity contribution in [2.75, 3.05) is 12.3 Å². The van der Waals surface area contributed by atoms with E-state index in [1.54, 1.807) is 42.8 Å². The van der Waals surface area contributed by atoms with E-state index in [0.717, 1.165) is 0 Å². The summed E-state index contributed by atoms with van der Waals surface area (Å²) in [5.41, 5.74) is 6.82. The van der Waals surface area contributed by atoms with E-state index >= 15 is 0 Å². The van der Waals surface area contributed by atoms with E-state index in [1.807, 2.05) is 6.92 Å². The van der Waals surface area contributed by atoms with Crippen molar-refractivity contribution in [1.29, 1.82) is 0 Å². The van der Waals surface area contributed by atoms with Gasteiger partial charge in [-0.3, -0.25) is 4.68 Å². The Bertz CT molecular complexity index is 1120. The average molecular weight is 410 g/mol. The molecule has 156 valence electrons. The minimum atomic E-state index is -1.17. The number of ether oxygens (including phenoxy) is 1. The first kappa shape index (κ1) is 20.0. The Balaban J connectivity index is 1.76. The van der Waals surface area contributed by atoms with E-state index in [2.05, 4.69) is 20.1 Å². The Morgan fingerprint density at radius 1 is 1.33 bits per heavy atom. The highest BCUT2D eigenvalue weighted by molar-refractivity contribution is 5.94. The second-order valence-electron chi connectivity index (χ2n) is 7.79. The van der Waals surface area contributed by atoms with Gasteiger partial charge in [0.2, 0.25) is 5.90 Å². The van der Waals surface area contributed by atoms with Crippen molar-refractivity contribution in [2.24, 2.45) is 4.99 Å². The fraction of sp³-hybridized carbons (Fsp3) is 0.333. The molecular formula is C21H23FN6O2. The van der Waals surface area contributed by atoms with Gasteiger partial charge in [0.05, 0.1) is 18.7 Å². The van der Waals surface area contributed by atoms with Crippen molar-refractivity contribution < 1.29 is 14.2 Å². The number of nitrogens with two attached hydrogens (primary N) is 1. The molecule has 1 aliphatic rings. The summed E-state index contributed by atoms with van der Waals surface area (Å²) in [5, 5.41) is 14.8. The second-order valence-corrected chi connectivity index (χ2v) is 7.79. The Morgan fingerprint density at radius 2 is 2.10 bits per heavy atom. The zero-order valence-corrected chi connectivity index (χ0v) is 17.0. The molecule has 0 fully saturated rings. The average Bonchev–Trinajstić information content (AvgIpc) is 3.28. The molecule has 0 amide bonds. The fourth-order valence-corrected chi connectivity index (χ4v) is 3.21. The standard InChI is InChI=1S/C21H23FN6O2/c1-12-9-25-20(30-12)17-8-16(19-24-10-14(18(23)26-19)21(2,3)29)27-28(17)11-13-6-4-5-7-15(13)22/h4-8,10,12,29H,9,11H2,1-3H3,(H2,23,24,26). The molecule has 3 N–H and O–H groups in total. The van der Waals surface area contributed by atoms with Crippen molar-refractivity contribution in [3.8, 4) is 11.5 Å². The van der Waals surface area contributed by atoms with Crippen molar-refractivity contribution in [3.05, 3.63) is 59.2 Å². The number of benzene rings is 1. The molecule has 30 heavy (non-hydrogen) atoms. The Labute approximate surface area is 173 Å². The highest BCUT2D eigenvalue weighted by Crippen LogP contribution is 2.26. The maximum atomic E-state index is 14.2. The Hall–Kier alpha value is -3.33. The first-order valence-corrected chi connectivity index (χ1v) is 9.61. The summed E-state index contributed by atoms with van der Waals surface area (Å²) in [6.45, 7) is 5.88. The SMILES string of the molecule is CC1CN=C(c2cc(-c3ncc(C(C)(C)O)c(N)n3)nn2Cc2ccccc2F)O1. The molecule has 0 spiro atoms. The quantitative estimate of drug-likeness (QED) is 0.669. The van der Waals surface area contributed by atoms with Crippen molar-refractivity contribution in [2.45, 2.75) is 39.0 Å². The van der Waals surface area contributed by atoms with Gasteiger partial charge in [-0.05, 0) is 26.8 Å². The van der Waals surface area contributed by atoms with Gasteiger partial charge in [0, 0.05) is 23.4 Å². The fourth-order valence-electron chi connectivity index (χ4n) is 3.21. The van der Waals surface area contributed by atoms with Gasteiger partial charge >= 0.3 is 0 Å². The number of nitrogens with zero attached hydrogens (tertiary/aromatic N) is 5. The minimum absolute atomic E-state index is 0.0433. The third kappa shape index (κ3) is 3.88. The Morgan fingerprint density at radius 3 is 2.73 bits per heavy atom. The van der Waals surface area contributed by atoms with Crippen LogP contribution in [-0.2, 0) is 16.9 Å². The lowest BCUT2D eigenvalue weighted by Crippen LogP contribution is -2.19. The third-order valence-corrected chi connectivity index (χ3v) is 4.79. The summed E-state index contributed by atoms with van der Waals surface area (Å²) < 4.78 is 21.6. The lowest BCUT2D eigenvalue weighted by atomic mass is 10.0. The van der Waals surface area contributed by atoms with Crippen LogP contribution in [0.1, 0.15) is 37.6 Å². The van der Waals surface area contributed by atoms with Crippen LogP contribution in [0.4, 0.5) is 10.2 Å². The molecule has 4 rings (SSSR count). The minimum Gasteiger partial charge on any atom is -0.471 e. The number of anilines is 1. The molecule has 2 aromatic heterocycles. The molecule has 8 nitrogen and oxygen atoms in total. The van der Waals surface area contributed by atoms with Crippen LogP contribution in [-0.4, -0.2) is 43.4 Å². The largest absolute Gasteiger partial charge is 0.471 e. The summed E-state index contributed by atoms with van der Waals surface area (Å²) in [4.78, 5) is 13.0. The molecule has 0 saturated heterocycles. The molecule has 9 heteroatoms. The summed E-state index contributed by atoms with van der Waals surface area (Å²) in [7, 11) is 0. The lowest BCUT2D eigenvalue weighted by Gasteiger charge is -2.18. The van der Waals surface area contributed by atoms with E-state index in [0.29, 0.717) is 40.8 Å². The third-order valence-electron chi connectivity index (χ3n) is 4.79. The Kier molecular flexibility index (Phi) is 4.98. The molecule has 1 aromatic carbocycles. The number of rotatable bonds is 5. The van der Waals surface area contributed by atoms with Gasteiger partial charge in [-0.1, -0.05) is 18.2 Å². The molecular weight excluding hydrogens is 387 g/mol. The van der Waals surface area contributed by atoms with E-state index in [1.165, 1.54) is 12.3 Å². The highest BCUT2D eigenvalue weighted by atomic mass is 19.1. The predicted molar refractivity (Wildman–Crippen MR) is 110 cm³/mol. The van der Waals surface area contributed by atoms with Gasteiger partial charge in [0.1, 0.15) is 29.1 Å². The number of hydrogen-bond donors (Lipinski definition) is 2. The first-order valence-electron chi connectivity index (χ1n) is 9.61. The van der Waals surface area contributed by atoms with Gasteiger partial charge in [0.25, 0.3) is 0 Å². The van der Waals surface area contributed by atoms with Crippen LogP contribution in [0.5, 0.6) is 0 Å². The molecule has 1 atom stereocenters. The van der Waals surface area contributed by atoms with Crippen LogP contribution in [0.15, 0.2) is 41.5 Å². The monoisotopic (exact) mass is 410 g/mol. The summed E-state index contributed by atoms with van der Waals surface area (Å²) >= 11 is 0. The number of halogens is 1. The first-order chi connectivity index (χ1) is 14.2. The number of aliphatic imine (C=N–C) groups is 1. The maximum Gasteiger partial charge on any atom is 0.235 e. The van der Waals surface area contributed by atoms with E-state index in [-0.39, 0.29) is 24.3 Å². The lowest BCUT2D eigenvalue weighted by molar-refractivity contribution is 0.0787. The van der Waals surface area contributed by atoms with Crippen LogP contribution in [0.25, 0.3) is 11.5 Å². The van der Waals surface area contributed by atoms with Gasteiger partial charge in [-0.15, -0.1) is 0 Å². The smallest absolute Gasteiger partial charge is 0.235 e. The molecule has 0 saturated carbocycles. The topological polar surface area (TPSA) is 111 Å². The molecule has 0 radical (unpaired) electrons. The molecule has 3 aromatic rings. The van der Waals surface area contributed by atoms with E-state index in [9.17, 15) is 9.50 Å². The van der Waals surface area contributed by atoms with Gasteiger partial charge in [-0.25, -0.2) is 19.4 Å². The molecule has 0 aliphatic carbocycles. The highest BCUT2D eigenvalue weighted by Gasteiger charge is 2.25. The normalized spacial score (nSPS) is 16.4. The van der Waals surface area contributed by atoms with Crippen LogP contribution in [0, 0.1) is 5.82 Å². The second kappa shape index (κ2) is 7.49. The number of hydrogen-bond acceptors (Lipinski definition) is 7.